The molecule has 248 valence electrons. The van der Waals surface area contributed by atoms with Gasteiger partial charge < -0.3 is 14.6 Å². The van der Waals surface area contributed by atoms with Gasteiger partial charge in [-0.05, 0) is 51.4 Å². The molecule has 1 saturated heterocycles. The van der Waals surface area contributed by atoms with Crippen molar-refractivity contribution in [2.24, 2.45) is 0 Å². The van der Waals surface area contributed by atoms with Crippen LogP contribution in [0, 0.1) is 0 Å². The summed E-state index contributed by atoms with van der Waals surface area (Å²) in [4.78, 5) is 0. The van der Waals surface area contributed by atoms with Gasteiger partial charge in [-0.25, -0.2) is 0 Å². The predicted molar refractivity (Wildman–Crippen MR) is 184 cm³/mol. The number of allylic oxidation sites excluding steroid dienone is 4. The lowest BCUT2D eigenvalue weighted by Crippen LogP contribution is -2.31. The van der Waals surface area contributed by atoms with Crippen LogP contribution in [0.4, 0.5) is 0 Å². The van der Waals surface area contributed by atoms with Crippen LogP contribution in [0.5, 0.6) is 0 Å². The average Bonchev–Trinajstić information content (AvgIpc) is 3.40. The number of hydrogen-bond donors (Lipinski definition) is 1. The van der Waals surface area contributed by atoms with Crippen molar-refractivity contribution >= 4 is 0 Å². The first-order valence-corrected chi connectivity index (χ1v) is 19.0. The molecule has 0 saturated carbocycles. The molecule has 0 amide bonds. The summed E-state index contributed by atoms with van der Waals surface area (Å²) >= 11 is 0. The van der Waals surface area contributed by atoms with Crippen molar-refractivity contribution in [3.8, 4) is 0 Å². The van der Waals surface area contributed by atoms with Gasteiger partial charge in [0, 0.05) is 19.4 Å². The number of ether oxygens (including phenoxy) is 2. The van der Waals surface area contributed by atoms with Crippen molar-refractivity contribution in [2.45, 2.75) is 212 Å². The zero-order chi connectivity index (χ0) is 30.2. The van der Waals surface area contributed by atoms with Gasteiger partial charge in [-0.15, -0.1) is 0 Å². The van der Waals surface area contributed by atoms with E-state index >= 15 is 0 Å². The molecule has 0 aromatic rings. The molecule has 1 N–H and O–H groups in total. The molecule has 0 aromatic heterocycles. The first-order valence-electron chi connectivity index (χ1n) is 19.0. The van der Waals surface area contributed by atoms with E-state index in [2.05, 4.69) is 38.2 Å². The first kappa shape index (κ1) is 39.4. The monoisotopic (exact) mass is 591 g/mol. The van der Waals surface area contributed by atoms with E-state index < -0.39 is 0 Å². The van der Waals surface area contributed by atoms with Crippen molar-refractivity contribution in [3.63, 3.8) is 0 Å². The van der Waals surface area contributed by atoms with Crippen molar-refractivity contribution < 1.29 is 14.6 Å². The minimum atomic E-state index is -0.386. The summed E-state index contributed by atoms with van der Waals surface area (Å²) in [7, 11) is 0. The third kappa shape index (κ3) is 23.8. The topological polar surface area (TPSA) is 38.7 Å². The van der Waals surface area contributed by atoms with E-state index in [9.17, 15) is 5.11 Å². The molecular formula is C39H74O3. The van der Waals surface area contributed by atoms with Gasteiger partial charge in [-0.2, -0.15) is 0 Å². The molecule has 1 rings (SSSR count). The number of hydrogen-bond acceptors (Lipinski definition) is 3. The van der Waals surface area contributed by atoms with Crippen LogP contribution in [0.3, 0.4) is 0 Å². The molecule has 3 heteroatoms. The van der Waals surface area contributed by atoms with E-state index in [0.29, 0.717) is 13.0 Å². The lowest BCUT2D eigenvalue weighted by Gasteiger charge is -2.28. The molecule has 2 atom stereocenters. The summed E-state index contributed by atoms with van der Waals surface area (Å²) in [6.45, 7) is 5.40. The molecule has 0 spiro atoms. The molecule has 2 unspecified atom stereocenters. The van der Waals surface area contributed by atoms with Crippen LogP contribution in [0.2, 0.25) is 0 Å². The van der Waals surface area contributed by atoms with Crippen molar-refractivity contribution in [1.29, 1.82) is 0 Å². The predicted octanol–water partition coefficient (Wildman–Crippen LogP) is 12.6. The fourth-order valence-electron chi connectivity index (χ4n) is 6.26. The van der Waals surface area contributed by atoms with Crippen LogP contribution in [0.1, 0.15) is 200 Å². The summed E-state index contributed by atoms with van der Waals surface area (Å²) in [5, 5.41) is 9.39. The smallest absolute Gasteiger partial charge is 0.168 e. The highest BCUT2D eigenvalue weighted by Gasteiger charge is 2.40. The standard InChI is InChI=1S/C39H74O3/c1-3-5-7-9-11-13-15-17-19-21-23-25-27-29-31-34-39(41-37-38(42-39)33-36-40)35-32-30-28-26-24-22-20-18-16-14-12-10-8-6-4-2/h11,13,17,19,38,40H,3-10,12,14-16,18,20-37H2,1-2H3/b13-11-,19-17-. The van der Waals surface area contributed by atoms with E-state index in [-0.39, 0.29) is 18.5 Å². The molecule has 0 radical (unpaired) electrons. The van der Waals surface area contributed by atoms with Crippen molar-refractivity contribution in [1.82, 2.24) is 0 Å². The highest BCUT2D eigenvalue weighted by molar-refractivity contribution is 4.92. The normalized spacial score (nSPS) is 19.2. The summed E-state index contributed by atoms with van der Waals surface area (Å²) in [5.41, 5.74) is 0. The van der Waals surface area contributed by atoms with Crippen molar-refractivity contribution in [2.75, 3.05) is 13.2 Å². The van der Waals surface area contributed by atoms with Gasteiger partial charge in [0.15, 0.2) is 5.79 Å². The van der Waals surface area contributed by atoms with Gasteiger partial charge in [0.1, 0.15) is 0 Å². The fourth-order valence-corrected chi connectivity index (χ4v) is 6.26. The van der Waals surface area contributed by atoms with Crippen LogP contribution in [-0.2, 0) is 9.47 Å². The summed E-state index contributed by atoms with van der Waals surface area (Å²) in [6.07, 6.45) is 47.0. The lowest BCUT2D eigenvalue weighted by molar-refractivity contribution is -0.180. The van der Waals surface area contributed by atoms with Gasteiger partial charge in [0.25, 0.3) is 0 Å². The van der Waals surface area contributed by atoms with Gasteiger partial charge >= 0.3 is 0 Å². The summed E-state index contributed by atoms with van der Waals surface area (Å²) in [5.74, 6) is -0.386. The Hall–Kier alpha value is -0.640. The minimum absolute atomic E-state index is 0.0734. The lowest BCUT2D eigenvalue weighted by atomic mass is 9.98. The largest absolute Gasteiger partial charge is 0.396 e. The van der Waals surface area contributed by atoms with Gasteiger partial charge in [0.05, 0.1) is 12.7 Å². The molecule has 1 aliphatic rings. The van der Waals surface area contributed by atoms with Crippen LogP contribution < -0.4 is 0 Å². The minimum Gasteiger partial charge on any atom is -0.396 e. The second-order valence-electron chi connectivity index (χ2n) is 13.2. The Morgan fingerprint density at radius 3 is 1.43 bits per heavy atom. The molecule has 42 heavy (non-hydrogen) atoms. The molecule has 1 aliphatic heterocycles. The third-order valence-electron chi connectivity index (χ3n) is 9.03. The van der Waals surface area contributed by atoms with Crippen LogP contribution in [-0.4, -0.2) is 30.2 Å². The van der Waals surface area contributed by atoms with E-state index in [1.807, 2.05) is 0 Å². The van der Waals surface area contributed by atoms with Gasteiger partial charge in [-0.3, -0.25) is 0 Å². The quantitative estimate of drug-likeness (QED) is 0.0625. The average molecular weight is 591 g/mol. The van der Waals surface area contributed by atoms with E-state index in [0.717, 1.165) is 19.3 Å². The Morgan fingerprint density at radius 1 is 0.548 bits per heavy atom. The Labute approximate surface area is 263 Å². The zero-order valence-corrected chi connectivity index (χ0v) is 28.6. The van der Waals surface area contributed by atoms with Gasteiger partial charge in [0.2, 0.25) is 0 Å². The molecule has 0 aromatic carbocycles. The Morgan fingerprint density at radius 2 is 0.952 bits per heavy atom. The maximum atomic E-state index is 9.39. The highest BCUT2D eigenvalue weighted by atomic mass is 16.7. The molecule has 1 fully saturated rings. The molecule has 0 aliphatic carbocycles. The fraction of sp³-hybridized carbons (Fsp3) is 0.897. The number of aliphatic hydroxyl groups excluding tert-OH is 1. The maximum absolute atomic E-state index is 9.39. The number of rotatable bonds is 32. The molecule has 1 heterocycles. The van der Waals surface area contributed by atoms with Crippen molar-refractivity contribution in [3.05, 3.63) is 24.3 Å². The van der Waals surface area contributed by atoms with Crippen LogP contribution >= 0.6 is 0 Å². The summed E-state index contributed by atoms with van der Waals surface area (Å²) < 4.78 is 12.7. The first-order chi connectivity index (χ1) is 20.8. The van der Waals surface area contributed by atoms with Crippen LogP contribution in [0.15, 0.2) is 24.3 Å². The second kappa shape index (κ2) is 30.4. The molecule has 0 bridgehead atoms. The number of unbranched alkanes of at least 4 members (excludes halogenated alkanes) is 22. The Balaban J connectivity index is 2.06. The molecule has 3 nitrogen and oxygen atoms in total. The van der Waals surface area contributed by atoms with Crippen LogP contribution in [0.25, 0.3) is 0 Å². The highest BCUT2D eigenvalue weighted by Crippen LogP contribution is 2.35. The maximum Gasteiger partial charge on any atom is 0.168 e. The zero-order valence-electron chi connectivity index (χ0n) is 28.6. The second-order valence-corrected chi connectivity index (χ2v) is 13.2. The van der Waals surface area contributed by atoms with E-state index in [4.69, 9.17) is 9.47 Å². The third-order valence-corrected chi connectivity index (χ3v) is 9.03. The van der Waals surface area contributed by atoms with E-state index in [1.54, 1.807) is 0 Å². The van der Waals surface area contributed by atoms with E-state index in [1.165, 1.54) is 161 Å². The Kier molecular flexibility index (Phi) is 28.5. The SMILES string of the molecule is CCCCC/C=C\C/C=C\CCCCCCCC1(CCCCCCCCCCCCCCCCC)OCC(CCO)O1. The number of aliphatic hydroxyl groups is 1. The Bertz CT molecular complexity index is 600. The van der Waals surface area contributed by atoms with Gasteiger partial charge in [-0.1, -0.05) is 160 Å². The summed E-state index contributed by atoms with van der Waals surface area (Å²) in [6, 6.07) is 0. The molecular weight excluding hydrogens is 516 g/mol.